The lowest BCUT2D eigenvalue weighted by Gasteiger charge is -2.17. The summed E-state index contributed by atoms with van der Waals surface area (Å²) in [5.41, 5.74) is 2.07. The van der Waals surface area contributed by atoms with Crippen LogP contribution in [-0.4, -0.2) is 14.2 Å². The third-order valence-electron chi connectivity index (χ3n) is 2.79. The molecule has 2 aromatic rings. The molecule has 102 valence electrons. The predicted octanol–water partition coefficient (Wildman–Crippen LogP) is 5.13. The molecule has 0 spiro atoms. The molecule has 0 aliphatic rings. The number of benzene rings is 1. The monoisotopic (exact) mass is 379 g/mol. The molecule has 0 aliphatic carbocycles. The maximum absolute atomic E-state index is 6.22. The van der Waals surface area contributed by atoms with Crippen LogP contribution in [0, 0.1) is 0 Å². The van der Waals surface area contributed by atoms with E-state index in [9.17, 15) is 0 Å². The third kappa shape index (κ3) is 3.26. The van der Waals surface area contributed by atoms with Crippen molar-refractivity contribution in [3.8, 4) is 5.75 Å². The number of hydrogen-bond acceptors (Lipinski definition) is 3. The first kappa shape index (κ1) is 15.1. The van der Waals surface area contributed by atoms with E-state index in [1.54, 1.807) is 7.11 Å². The van der Waals surface area contributed by atoms with Crippen LogP contribution in [0.2, 0.25) is 8.67 Å². The van der Waals surface area contributed by atoms with Crippen molar-refractivity contribution >= 4 is 50.5 Å². The SMILES string of the molecule is CNC(c1ccc(OC)c(Br)c1)c1cc(Cl)sc1Cl. The second kappa shape index (κ2) is 6.46. The van der Waals surface area contributed by atoms with Crippen molar-refractivity contribution in [3.05, 3.63) is 48.5 Å². The van der Waals surface area contributed by atoms with E-state index in [1.807, 2.05) is 31.3 Å². The van der Waals surface area contributed by atoms with Crippen LogP contribution in [0.4, 0.5) is 0 Å². The van der Waals surface area contributed by atoms with Gasteiger partial charge in [-0.2, -0.15) is 0 Å². The Labute approximate surface area is 134 Å². The van der Waals surface area contributed by atoms with Gasteiger partial charge in [-0.15, -0.1) is 11.3 Å². The maximum Gasteiger partial charge on any atom is 0.133 e. The minimum atomic E-state index is -0.00143. The molecular weight excluding hydrogens is 369 g/mol. The van der Waals surface area contributed by atoms with Gasteiger partial charge in [-0.05, 0) is 46.7 Å². The van der Waals surface area contributed by atoms with Gasteiger partial charge in [-0.1, -0.05) is 29.3 Å². The fraction of sp³-hybridized carbons (Fsp3) is 0.231. The average Bonchev–Trinajstić information content (AvgIpc) is 2.70. The Kier molecular flexibility index (Phi) is 5.15. The van der Waals surface area contributed by atoms with E-state index in [-0.39, 0.29) is 6.04 Å². The standard InChI is InChI=1S/C13H12BrCl2NOS/c1-17-12(8-6-11(15)19-13(8)16)7-3-4-10(18-2)9(14)5-7/h3-6,12,17H,1-2H3. The molecule has 6 heteroatoms. The van der Waals surface area contributed by atoms with Crippen molar-refractivity contribution in [1.82, 2.24) is 5.32 Å². The summed E-state index contributed by atoms with van der Waals surface area (Å²) in [6, 6.07) is 7.84. The summed E-state index contributed by atoms with van der Waals surface area (Å²) in [6.45, 7) is 0. The zero-order valence-corrected chi connectivity index (χ0v) is 14.3. The smallest absolute Gasteiger partial charge is 0.133 e. The van der Waals surface area contributed by atoms with E-state index in [0.29, 0.717) is 8.67 Å². The molecule has 1 aromatic carbocycles. The molecule has 2 rings (SSSR count). The van der Waals surface area contributed by atoms with Gasteiger partial charge in [-0.25, -0.2) is 0 Å². The number of hydrogen-bond donors (Lipinski definition) is 1. The Balaban J connectivity index is 2.42. The highest BCUT2D eigenvalue weighted by Crippen LogP contribution is 2.38. The molecule has 1 atom stereocenters. The van der Waals surface area contributed by atoms with Crippen LogP contribution in [0.15, 0.2) is 28.7 Å². The highest BCUT2D eigenvalue weighted by Gasteiger charge is 2.19. The summed E-state index contributed by atoms with van der Waals surface area (Å²) < 4.78 is 7.53. The Morgan fingerprint density at radius 3 is 2.53 bits per heavy atom. The van der Waals surface area contributed by atoms with Crippen LogP contribution in [-0.2, 0) is 0 Å². The summed E-state index contributed by atoms with van der Waals surface area (Å²) in [6.07, 6.45) is 0. The molecule has 0 amide bonds. The molecule has 0 saturated carbocycles. The molecule has 1 N–H and O–H groups in total. The fourth-order valence-electron chi connectivity index (χ4n) is 1.91. The Morgan fingerprint density at radius 2 is 2.05 bits per heavy atom. The van der Waals surface area contributed by atoms with Gasteiger partial charge in [-0.3, -0.25) is 0 Å². The molecule has 1 unspecified atom stereocenters. The van der Waals surface area contributed by atoms with Gasteiger partial charge in [0, 0.05) is 5.56 Å². The average molecular weight is 381 g/mol. The molecular formula is C13H12BrCl2NOS. The number of halogens is 3. The van der Waals surface area contributed by atoms with Crippen LogP contribution in [0.3, 0.4) is 0 Å². The molecule has 2 nitrogen and oxygen atoms in total. The Bertz CT molecular complexity index is 588. The van der Waals surface area contributed by atoms with E-state index in [0.717, 1.165) is 21.3 Å². The lowest BCUT2D eigenvalue weighted by atomic mass is 10.0. The van der Waals surface area contributed by atoms with Gasteiger partial charge >= 0.3 is 0 Å². The molecule has 19 heavy (non-hydrogen) atoms. The summed E-state index contributed by atoms with van der Waals surface area (Å²) in [7, 11) is 3.54. The number of nitrogens with one attached hydrogen (secondary N) is 1. The molecule has 0 radical (unpaired) electrons. The second-order valence-corrected chi connectivity index (χ2v) is 7.04. The maximum atomic E-state index is 6.22. The largest absolute Gasteiger partial charge is 0.496 e. The first-order chi connectivity index (χ1) is 9.06. The number of rotatable bonds is 4. The highest BCUT2D eigenvalue weighted by atomic mass is 79.9. The minimum absolute atomic E-state index is 0.00143. The van der Waals surface area contributed by atoms with E-state index in [1.165, 1.54) is 11.3 Å². The van der Waals surface area contributed by atoms with E-state index >= 15 is 0 Å². The summed E-state index contributed by atoms with van der Waals surface area (Å²) in [5, 5.41) is 3.26. The van der Waals surface area contributed by atoms with E-state index in [4.69, 9.17) is 27.9 Å². The van der Waals surface area contributed by atoms with Crippen molar-refractivity contribution < 1.29 is 4.74 Å². The van der Waals surface area contributed by atoms with Gasteiger partial charge in [0.05, 0.1) is 26.3 Å². The normalized spacial score (nSPS) is 12.5. The van der Waals surface area contributed by atoms with Crippen LogP contribution >= 0.6 is 50.5 Å². The summed E-state index contributed by atoms with van der Waals surface area (Å²) in [4.78, 5) is 0. The van der Waals surface area contributed by atoms with Crippen molar-refractivity contribution in [2.45, 2.75) is 6.04 Å². The number of methoxy groups -OCH3 is 1. The van der Waals surface area contributed by atoms with E-state index < -0.39 is 0 Å². The second-order valence-electron chi connectivity index (χ2n) is 3.90. The quantitative estimate of drug-likeness (QED) is 0.793. The molecule has 1 aromatic heterocycles. The van der Waals surface area contributed by atoms with Crippen molar-refractivity contribution in [2.75, 3.05) is 14.2 Å². The Hall–Kier alpha value is -0.260. The third-order valence-corrected chi connectivity index (χ3v) is 4.93. The highest BCUT2D eigenvalue weighted by molar-refractivity contribution is 9.10. The van der Waals surface area contributed by atoms with Gasteiger partial charge in [0.2, 0.25) is 0 Å². The van der Waals surface area contributed by atoms with Crippen LogP contribution < -0.4 is 10.1 Å². The van der Waals surface area contributed by atoms with Crippen LogP contribution in [0.5, 0.6) is 5.75 Å². The lowest BCUT2D eigenvalue weighted by Crippen LogP contribution is -2.17. The van der Waals surface area contributed by atoms with Gasteiger partial charge in [0.1, 0.15) is 5.75 Å². The van der Waals surface area contributed by atoms with Crippen LogP contribution in [0.25, 0.3) is 0 Å². The first-order valence-electron chi connectivity index (χ1n) is 5.52. The predicted molar refractivity (Wildman–Crippen MR) is 85.9 cm³/mol. The van der Waals surface area contributed by atoms with Gasteiger partial charge in [0.25, 0.3) is 0 Å². The minimum Gasteiger partial charge on any atom is -0.496 e. The van der Waals surface area contributed by atoms with Crippen molar-refractivity contribution in [1.29, 1.82) is 0 Å². The summed E-state index contributed by atoms with van der Waals surface area (Å²) >= 11 is 17.1. The topological polar surface area (TPSA) is 21.3 Å². The van der Waals surface area contributed by atoms with Gasteiger partial charge < -0.3 is 10.1 Å². The molecule has 0 aliphatic heterocycles. The van der Waals surface area contributed by atoms with E-state index in [2.05, 4.69) is 21.2 Å². The number of thiophene rings is 1. The molecule has 0 saturated heterocycles. The molecule has 1 heterocycles. The van der Waals surface area contributed by atoms with Crippen molar-refractivity contribution in [2.24, 2.45) is 0 Å². The van der Waals surface area contributed by atoms with Crippen molar-refractivity contribution in [3.63, 3.8) is 0 Å². The zero-order valence-electron chi connectivity index (χ0n) is 10.3. The first-order valence-corrected chi connectivity index (χ1v) is 7.88. The fourth-order valence-corrected chi connectivity index (χ4v) is 4.00. The van der Waals surface area contributed by atoms with Crippen LogP contribution in [0.1, 0.15) is 17.2 Å². The Morgan fingerprint density at radius 1 is 1.32 bits per heavy atom. The van der Waals surface area contributed by atoms with Gasteiger partial charge in [0.15, 0.2) is 0 Å². The lowest BCUT2D eigenvalue weighted by molar-refractivity contribution is 0.412. The molecule has 0 bridgehead atoms. The molecule has 0 fully saturated rings. The summed E-state index contributed by atoms with van der Waals surface area (Å²) in [5.74, 6) is 0.799. The zero-order chi connectivity index (χ0) is 14.0. The number of ether oxygens (including phenoxy) is 1.